The summed E-state index contributed by atoms with van der Waals surface area (Å²) in [7, 11) is -3.40. The molecule has 1 aromatic rings. The Labute approximate surface area is 116 Å². The summed E-state index contributed by atoms with van der Waals surface area (Å²) in [5, 5.41) is 10.1. The smallest absolute Gasteiger partial charge is 0.218 e. The van der Waals surface area contributed by atoms with E-state index in [1.807, 2.05) is 0 Å². The third kappa shape index (κ3) is 3.16. The highest BCUT2D eigenvalue weighted by Gasteiger charge is 2.30. The van der Waals surface area contributed by atoms with Gasteiger partial charge in [0.1, 0.15) is 0 Å². The van der Waals surface area contributed by atoms with Crippen LogP contribution in [0.2, 0.25) is 10.0 Å². The standard InChI is InChI=1S/C11H13Cl2NO3S/c12-10-2-1-8(5-11(10)13)7-18(16,17)14-4-3-9(15)6-14/h1-2,5,9,15H,3-4,6-7H2/t9-/m1/s1. The molecule has 0 saturated carbocycles. The Balaban J connectivity index is 2.15. The minimum Gasteiger partial charge on any atom is -0.392 e. The Hall–Kier alpha value is -0.330. The van der Waals surface area contributed by atoms with E-state index >= 15 is 0 Å². The number of rotatable bonds is 3. The minimum atomic E-state index is -3.40. The molecule has 1 aromatic carbocycles. The maximum atomic E-state index is 12.1. The first-order valence-corrected chi connectivity index (χ1v) is 7.85. The van der Waals surface area contributed by atoms with Gasteiger partial charge in [0.15, 0.2) is 0 Å². The molecule has 18 heavy (non-hydrogen) atoms. The van der Waals surface area contributed by atoms with Crippen LogP contribution in [0.15, 0.2) is 18.2 Å². The molecule has 1 N–H and O–H groups in total. The zero-order valence-electron chi connectivity index (χ0n) is 9.51. The summed E-state index contributed by atoms with van der Waals surface area (Å²) < 4.78 is 25.5. The Kier molecular flexibility index (Phi) is 4.18. The van der Waals surface area contributed by atoms with Crippen molar-refractivity contribution in [3.8, 4) is 0 Å². The van der Waals surface area contributed by atoms with Crippen LogP contribution in [0.4, 0.5) is 0 Å². The topological polar surface area (TPSA) is 57.6 Å². The molecule has 100 valence electrons. The average Bonchev–Trinajstić information content (AvgIpc) is 2.71. The molecule has 0 aliphatic carbocycles. The van der Waals surface area contributed by atoms with E-state index < -0.39 is 16.1 Å². The van der Waals surface area contributed by atoms with Crippen LogP contribution in [0.3, 0.4) is 0 Å². The Morgan fingerprint density at radius 1 is 1.33 bits per heavy atom. The highest BCUT2D eigenvalue weighted by Crippen LogP contribution is 2.25. The summed E-state index contributed by atoms with van der Waals surface area (Å²) in [6.07, 6.45) is -0.0748. The van der Waals surface area contributed by atoms with Crippen LogP contribution in [0.25, 0.3) is 0 Å². The van der Waals surface area contributed by atoms with Gasteiger partial charge < -0.3 is 5.11 Å². The summed E-state index contributed by atoms with van der Waals surface area (Å²) in [6.45, 7) is 0.536. The molecule has 1 fully saturated rings. The lowest BCUT2D eigenvalue weighted by molar-refractivity contribution is 0.189. The molecule has 1 aliphatic rings. The molecule has 0 unspecified atom stereocenters. The highest BCUT2D eigenvalue weighted by molar-refractivity contribution is 7.88. The number of hydrogen-bond acceptors (Lipinski definition) is 3. The molecule has 1 atom stereocenters. The number of aliphatic hydroxyl groups excluding tert-OH is 1. The molecule has 0 spiro atoms. The summed E-state index contributed by atoms with van der Waals surface area (Å²) >= 11 is 11.6. The molecule has 0 bridgehead atoms. The van der Waals surface area contributed by atoms with Crippen molar-refractivity contribution >= 4 is 33.2 Å². The van der Waals surface area contributed by atoms with Gasteiger partial charge in [-0.1, -0.05) is 29.3 Å². The van der Waals surface area contributed by atoms with Crippen LogP contribution in [0, 0.1) is 0 Å². The van der Waals surface area contributed by atoms with Gasteiger partial charge in [-0.3, -0.25) is 0 Å². The van der Waals surface area contributed by atoms with E-state index in [2.05, 4.69) is 0 Å². The SMILES string of the molecule is O=S(=O)(Cc1ccc(Cl)c(Cl)c1)N1CC[C@@H](O)C1. The molecule has 0 radical (unpaired) electrons. The van der Waals surface area contributed by atoms with Crippen LogP contribution in [-0.4, -0.2) is 37.0 Å². The quantitative estimate of drug-likeness (QED) is 0.927. The first-order chi connectivity index (χ1) is 8.38. The summed E-state index contributed by atoms with van der Waals surface area (Å²) in [4.78, 5) is 0. The molecule has 2 rings (SSSR count). The van der Waals surface area contributed by atoms with Crippen molar-refractivity contribution in [3.05, 3.63) is 33.8 Å². The van der Waals surface area contributed by atoms with Gasteiger partial charge >= 0.3 is 0 Å². The van der Waals surface area contributed by atoms with E-state index in [4.69, 9.17) is 23.2 Å². The van der Waals surface area contributed by atoms with Crippen molar-refractivity contribution in [3.63, 3.8) is 0 Å². The third-order valence-corrected chi connectivity index (χ3v) is 5.41. The number of hydrogen-bond donors (Lipinski definition) is 1. The van der Waals surface area contributed by atoms with Gasteiger partial charge in [0.05, 0.1) is 21.9 Å². The predicted octanol–water partition coefficient (Wildman–Crippen LogP) is 1.89. The lowest BCUT2D eigenvalue weighted by Gasteiger charge is -2.15. The second-order valence-electron chi connectivity index (χ2n) is 4.31. The molecule has 1 heterocycles. The Morgan fingerprint density at radius 2 is 2.06 bits per heavy atom. The zero-order valence-corrected chi connectivity index (χ0v) is 11.8. The number of sulfonamides is 1. The Morgan fingerprint density at radius 3 is 2.61 bits per heavy atom. The molecular weight excluding hydrogens is 297 g/mol. The second kappa shape index (κ2) is 5.35. The fourth-order valence-corrected chi connectivity index (χ4v) is 3.78. The lowest BCUT2D eigenvalue weighted by Crippen LogP contribution is -2.30. The van der Waals surface area contributed by atoms with E-state index in [1.165, 1.54) is 4.31 Å². The molecule has 0 amide bonds. The number of halogens is 2. The number of β-amino-alcohol motifs (C(OH)–C–C–N with tert-alkyl or cyclic N) is 1. The van der Waals surface area contributed by atoms with E-state index in [0.29, 0.717) is 28.6 Å². The van der Waals surface area contributed by atoms with Crippen LogP contribution in [0.1, 0.15) is 12.0 Å². The highest BCUT2D eigenvalue weighted by atomic mass is 35.5. The molecule has 0 aromatic heterocycles. The van der Waals surface area contributed by atoms with Gasteiger partial charge in [0, 0.05) is 13.1 Å². The van der Waals surface area contributed by atoms with Gasteiger partial charge in [-0.25, -0.2) is 8.42 Å². The van der Waals surface area contributed by atoms with Crippen LogP contribution < -0.4 is 0 Å². The van der Waals surface area contributed by atoms with E-state index in [-0.39, 0.29) is 12.3 Å². The van der Waals surface area contributed by atoms with Crippen LogP contribution >= 0.6 is 23.2 Å². The maximum Gasteiger partial charge on any atom is 0.218 e. The fourth-order valence-electron chi connectivity index (χ4n) is 1.89. The van der Waals surface area contributed by atoms with Crippen LogP contribution in [-0.2, 0) is 15.8 Å². The zero-order chi connectivity index (χ0) is 13.3. The predicted molar refractivity (Wildman–Crippen MR) is 71.3 cm³/mol. The van der Waals surface area contributed by atoms with Gasteiger partial charge in [0.2, 0.25) is 10.0 Å². The fraction of sp³-hybridized carbons (Fsp3) is 0.455. The summed E-state index contributed by atoms with van der Waals surface area (Å²) in [6, 6.07) is 4.76. The lowest BCUT2D eigenvalue weighted by atomic mass is 10.2. The minimum absolute atomic E-state index is 0.128. The van der Waals surface area contributed by atoms with Crippen molar-refractivity contribution in [2.24, 2.45) is 0 Å². The largest absolute Gasteiger partial charge is 0.392 e. The molecule has 1 aliphatic heterocycles. The first kappa shape index (κ1) is 14.1. The van der Waals surface area contributed by atoms with Gasteiger partial charge in [-0.05, 0) is 24.1 Å². The van der Waals surface area contributed by atoms with Gasteiger partial charge in [-0.15, -0.1) is 0 Å². The van der Waals surface area contributed by atoms with Crippen molar-refractivity contribution < 1.29 is 13.5 Å². The van der Waals surface area contributed by atoms with Gasteiger partial charge in [-0.2, -0.15) is 4.31 Å². The van der Waals surface area contributed by atoms with Gasteiger partial charge in [0.25, 0.3) is 0 Å². The number of aliphatic hydroxyl groups is 1. The monoisotopic (exact) mass is 309 g/mol. The number of benzene rings is 1. The van der Waals surface area contributed by atoms with Crippen molar-refractivity contribution in [1.29, 1.82) is 0 Å². The molecular formula is C11H13Cl2NO3S. The third-order valence-electron chi connectivity index (χ3n) is 2.85. The van der Waals surface area contributed by atoms with Crippen molar-refractivity contribution in [2.75, 3.05) is 13.1 Å². The average molecular weight is 310 g/mol. The Bertz CT molecular complexity index is 547. The van der Waals surface area contributed by atoms with Crippen LogP contribution in [0.5, 0.6) is 0 Å². The molecule has 4 nitrogen and oxygen atoms in total. The second-order valence-corrected chi connectivity index (χ2v) is 7.09. The van der Waals surface area contributed by atoms with Crippen molar-refractivity contribution in [1.82, 2.24) is 4.31 Å². The normalized spacial score (nSPS) is 21.4. The summed E-state index contributed by atoms with van der Waals surface area (Å²) in [5.41, 5.74) is 0.589. The van der Waals surface area contributed by atoms with E-state index in [9.17, 15) is 13.5 Å². The first-order valence-electron chi connectivity index (χ1n) is 5.48. The molecule has 7 heteroatoms. The van der Waals surface area contributed by atoms with E-state index in [0.717, 1.165) is 0 Å². The molecule has 1 saturated heterocycles. The van der Waals surface area contributed by atoms with E-state index in [1.54, 1.807) is 18.2 Å². The number of nitrogens with zero attached hydrogens (tertiary/aromatic N) is 1. The summed E-state index contributed by atoms with van der Waals surface area (Å²) in [5.74, 6) is -0.128. The maximum absolute atomic E-state index is 12.1. The van der Waals surface area contributed by atoms with Crippen molar-refractivity contribution in [2.45, 2.75) is 18.3 Å².